The van der Waals surface area contributed by atoms with Gasteiger partial charge >= 0.3 is 0 Å². The van der Waals surface area contributed by atoms with Crippen molar-refractivity contribution in [2.45, 2.75) is 6.04 Å². The number of nitrogens with zero attached hydrogens (tertiary/aromatic N) is 3. The number of carbonyl (C=O) groups is 1. The average Bonchev–Trinajstić information content (AvgIpc) is 3.34. The van der Waals surface area contributed by atoms with Gasteiger partial charge in [-0.05, 0) is 17.7 Å². The van der Waals surface area contributed by atoms with Crippen molar-refractivity contribution in [3.63, 3.8) is 0 Å². The molecule has 2 aliphatic heterocycles. The maximum Gasteiger partial charge on any atom is 0.273 e. The van der Waals surface area contributed by atoms with Crippen LogP contribution in [-0.4, -0.2) is 65.3 Å². The lowest BCUT2D eigenvalue weighted by molar-refractivity contribution is 0.0316. The fraction of sp³-hybridized carbons (Fsp3) is 0.304. The normalized spacial score (nSPS) is 19.1. The van der Waals surface area contributed by atoms with Crippen molar-refractivity contribution in [1.82, 2.24) is 20.0 Å². The number of morpholine rings is 1. The molecule has 1 saturated heterocycles. The van der Waals surface area contributed by atoms with E-state index in [2.05, 4.69) is 15.1 Å². The van der Waals surface area contributed by atoms with E-state index in [1.54, 1.807) is 6.07 Å². The molecule has 0 spiro atoms. The first-order valence-electron chi connectivity index (χ1n) is 10.3. The van der Waals surface area contributed by atoms with E-state index in [0.717, 1.165) is 55.2 Å². The quantitative estimate of drug-likeness (QED) is 0.622. The summed E-state index contributed by atoms with van der Waals surface area (Å²) >= 11 is 12.5. The highest BCUT2D eigenvalue weighted by atomic mass is 35.5. The number of benzene rings is 2. The molecule has 0 saturated carbocycles. The molecule has 0 radical (unpaired) electrons. The number of aromatic amines is 1. The SMILES string of the molecule is O=C1c2[nH]nc(-c3ccccc3)c2C(c2ccc(Cl)c(Cl)c2)N1CCN1CCOCC1. The zero-order valence-corrected chi connectivity index (χ0v) is 18.4. The van der Waals surface area contributed by atoms with E-state index >= 15 is 0 Å². The summed E-state index contributed by atoms with van der Waals surface area (Å²) in [7, 11) is 0. The molecule has 1 amide bonds. The lowest BCUT2D eigenvalue weighted by Gasteiger charge is -2.31. The van der Waals surface area contributed by atoms with E-state index in [9.17, 15) is 4.79 Å². The molecular formula is C23H22Cl2N4O2. The van der Waals surface area contributed by atoms with Gasteiger partial charge in [0.1, 0.15) is 5.69 Å². The van der Waals surface area contributed by atoms with Crippen molar-refractivity contribution in [3.8, 4) is 11.3 Å². The minimum absolute atomic E-state index is 0.0472. The van der Waals surface area contributed by atoms with E-state index in [1.165, 1.54) is 0 Å². The van der Waals surface area contributed by atoms with Gasteiger partial charge in [0.25, 0.3) is 5.91 Å². The summed E-state index contributed by atoms with van der Waals surface area (Å²) in [6.07, 6.45) is 0. The second-order valence-corrected chi connectivity index (χ2v) is 8.57. The number of ether oxygens (including phenoxy) is 1. The molecule has 5 rings (SSSR count). The Balaban J connectivity index is 1.55. The molecule has 0 aliphatic carbocycles. The lowest BCUT2D eigenvalue weighted by Crippen LogP contribution is -2.42. The maximum absolute atomic E-state index is 13.4. The molecule has 1 N–H and O–H groups in total. The fourth-order valence-electron chi connectivity index (χ4n) is 4.35. The number of H-pyrrole nitrogens is 1. The van der Waals surface area contributed by atoms with Gasteiger partial charge in [0.2, 0.25) is 0 Å². The third-order valence-corrected chi connectivity index (χ3v) is 6.67. The zero-order valence-electron chi connectivity index (χ0n) is 16.9. The summed E-state index contributed by atoms with van der Waals surface area (Å²) in [5.74, 6) is -0.0472. The third-order valence-electron chi connectivity index (χ3n) is 5.93. The van der Waals surface area contributed by atoms with Crippen LogP contribution in [0.25, 0.3) is 11.3 Å². The molecule has 3 heterocycles. The van der Waals surface area contributed by atoms with E-state index in [0.29, 0.717) is 22.3 Å². The number of aromatic nitrogens is 2. The Morgan fingerprint density at radius 1 is 1.03 bits per heavy atom. The molecule has 1 unspecified atom stereocenters. The van der Waals surface area contributed by atoms with Gasteiger partial charge in [-0.15, -0.1) is 0 Å². The van der Waals surface area contributed by atoms with Crippen LogP contribution >= 0.6 is 23.2 Å². The first-order chi connectivity index (χ1) is 15.1. The summed E-state index contributed by atoms with van der Waals surface area (Å²) in [6, 6.07) is 15.2. The molecule has 31 heavy (non-hydrogen) atoms. The average molecular weight is 457 g/mol. The van der Waals surface area contributed by atoms with Crippen LogP contribution in [0, 0.1) is 0 Å². The van der Waals surface area contributed by atoms with Gasteiger partial charge in [0, 0.05) is 37.3 Å². The van der Waals surface area contributed by atoms with Crippen LogP contribution in [0.1, 0.15) is 27.7 Å². The zero-order chi connectivity index (χ0) is 21.4. The number of amides is 1. The van der Waals surface area contributed by atoms with Gasteiger partial charge in [0.05, 0.1) is 35.0 Å². The molecule has 1 atom stereocenters. The molecule has 6 nitrogen and oxygen atoms in total. The van der Waals surface area contributed by atoms with Gasteiger partial charge in [0.15, 0.2) is 0 Å². The fourth-order valence-corrected chi connectivity index (χ4v) is 4.65. The Bertz CT molecular complexity index is 1100. The Morgan fingerprint density at radius 2 is 1.81 bits per heavy atom. The minimum Gasteiger partial charge on any atom is -0.379 e. The standard InChI is InChI=1S/C23H22Cl2N4O2/c24-17-7-6-16(14-18(17)25)22-19-20(15-4-2-1-3-5-15)26-27-21(19)23(30)29(22)9-8-28-10-12-31-13-11-28/h1-7,14,22H,8-13H2,(H,26,27). The van der Waals surface area contributed by atoms with Crippen molar-refractivity contribution in [2.24, 2.45) is 0 Å². The first-order valence-corrected chi connectivity index (χ1v) is 11.1. The van der Waals surface area contributed by atoms with Crippen molar-refractivity contribution in [2.75, 3.05) is 39.4 Å². The second kappa shape index (κ2) is 8.63. The topological polar surface area (TPSA) is 61.5 Å². The molecular weight excluding hydrogens is 435 g/mol. The van der Waals surface area contributed by atoms with E-state index in [4.69, 9.17) is 27.9 Å². The number of nitrogens with one attached hydrogen (secondary N) is 1. The highest BCUT2D eigenvalue weighted by molar-refractivity contribution is 6.42. The monoisotopic (exact) mass is 456 g/mol. The molecule has 1 aromatic heterocycles. The number of fused-ring (bicyclic) bond motifs is 1. The number of hydrogen-bond donors (Lipinski definition) is 1. The number of carbonyl (C=O) groups excluding carboxylic acids is 1. The second-order valence-electron chi connectivity index (χ2n) is 7.76. The van der Waals surface area contributed by atoms with Crippen molar-refractivity contribution in [3.05, 3.63) is 75.4 Å². The van der Waals surface area contributed by atoms with Crippen LogP contribution in [0.2, 0.25) is 10.0 Å². The van der Waals surface area contributed by atoms with Crippen molar-refractivity contribution < 1.29 is 9.53 Å². The van der Waals surface area contributed by atoms with Gasteiger partial charge in [-0.25, -0.2) is 0 Å². The van der Waals surface area contributed by atoms with Crippen LogP contribution in [-0.2, 0) is 4.74 Å². The lowest BCUT2D eigenvalue weighted by atomic mass is 9.96. The van der Waals surface area contributed by atoms with Crippen LogP contribution in [0.5, 0.6) is 0 Å². The smallest absolute Gasteiger partial charge is 0.273 e. The van der Waals surface area contributed by atoms with Crippen LogP contribution < -0.4 is 0 Å². The predicted octanol–water partition coefficient (Wildman–Crippen LogP) is 4.26. The Hall–Kier alpha value is -2.38. The first kappa shape index (κ1) is 20.5. The molecule has 8 heteroatoms. The van der Waals surface area contributed by atoms with E-state index in [-0.39, 0.29) is 11.9 Å². The Morgan fingerprint density at radius 3 is 2.55 bits per heavy atom. The van der Waals surface area contributed by atoms with Crippen molar-refractivity contribution >= 4 is 29.1 Å². The van der Waals surface area contributed by atoms with Gasteiger partial charge < -0.3 is 9.64 Å². The molecule has 2 aromatic carbocycles. The maximum atomic E-state index is 13.4. The summed E-state index contributed by atoms with van der Waals surface area (Å²) in [5.41, 5.74) is 4.09. The largest absolute Gasteiger partial charge is 0.379 e. The van der Waals surface area contributed by atoms with Gasteiger partial charge in [-0.1, -0.05) is 59.6 Å². The summed E-state index contributed by atoms with van der Waals surface area (Å²) < 4.78 is 5.45. The third kappa shape index (κ3) is 3.85. The number of hydrogen-bond acceptors (Lipinski definition) is 4. The summed E-state index contributed by atoms with van der Waals surface area (Å²) in [4.78, 5) is 17.6. The van der Waals surface area contributed by atoms with Crippen molar-refractivity contribution in [1.29, 1.82) is 0 Å². The van der Waals surface area contributed by atoms with Crippen LogP contribution in [0.3, 0.4) is 0 Å². The van der Waals surface area contributed by atoms with Crippen LogP contribution in [0.4, 0.5) is 0 Å². The predicted molar refractivity (Wildman–Crippen MR) is 121 cm³/mol. The van der Waals surface area contributed by atoms with E-state index in [1.807, 2.05) is 47.4 Å². The Labute approximate surface area is 190 Å². The summed E-state index contributed by atoms with van der Waals surface area (Å²) in [5, 5.41) is 8.46. The van der Waals surface area contributed by atoms with Gasteiger partial charge in [-0.2, -0.15) is 5.10 Å². The summed E-state index contributed by atoms with van der Waals surface area (Å²) in [6.45, 7) is 4.59. The highest BCUT2D eigenvalue weighted by Crippen LogP contribution is 2.43. The molecule has 3 aromatic rings. The minimum atomic E-state index is -0.285. The number of rotatable bonds is 5. The molecule has 2 aliphatic rings. The van der Waals surface area contributed by atoms with E-state index < -0.39 is 0 Å². The van der Waals surface area contributed by atoms with Crippen LogP contribution in [0.15, 0.2) is 48.5 Å². The molecule has 0 bridgehead atoms. The Kier molecular flexibility index (Phi) is 5.71. The number of halogens is 2. The molecule has 1 fully saturated rings. The van der Waals surface area contributed by atoms with Gasteiger partial charge in [-0.3, -0.25) is 14.8 Å². The molecule has 160 valence electrons. The highest BCUT2D eigenvalue weighted by Gasteiger charge is 2.42.